The molecule has 0 saturated carbocycles. The van der Waals surface area contributed by atoms with Gasteiger partial charge in [-0.1, -0.05) is 19.1 Å². The van der Waals surface area contributed by atoms with E-state index in [0.29, 0.717) is 22.3 Å². The van der Waals surface area contributed by atoms with Gasteiger partial charge in [-0.3, -0.25) is 9.59 Å². The Bertz CT molecular complexity index is 851. The molecular formula is C19H20BrN3O4. The van der Waals surface area contributed by atoms with Crippen LogP contribution in [0.2, 0.25) is 0 Å². The summed E-state index contributed by atoms with van der Waals surface area (Å²) in [6, 6.07) is 10.4. The quantitative estimate of drug-likeness (QED) is 0.369. The minimum atomic E-state index is -0.895. The summed E-state index contributed by atoms with van der Waals surface area (Å²) in [6.45, 7) is 4.21. The van der Waals surface area contributed by atoms with Crippen LogP contribution in [0.1, 0.15) is 25.0 Å². The van der Waals surface area contributed by atoms with Crippen molar-refractivity contribution in [3.63, 3.8) is 0 Å². The average molecular weight is 434 g/mol. The van der Waals surface area contributed by atoms with Gasteiger partial charge in [0.1, 0.15) is 0 Å². The third-order valence-corrected chi connectivity index (χ3v) is 4.16. The number of amides is 2. The van der Waals surface area contributed by atoms with E-state index >= 15 is 0 Å². The van der Waals surface area contributed by atoms with Crippen LogP contribution in [0.25, 0.3) is 0 Å². The number of anilines is 1. The summed E-state index contributed by atoms with van der Waals surface area (Å²) in [5.74, 6) is -1.45. The van der Waals surface area contributed by atoms with Crippen molar-refractivity contribution in [3.05, 3.63) is 52.0 Å². The van der Waals surface area contributed by atoms with Gasteiger partial charge in [0.05, 0.1) is 17.3 Å². The molecule has 0 aliphatic heterocycles. The predicted octanol–water partition coefficient (Wildman–Crippen LogP) is 3.20. The van der Waals surface area contributed by atoms with E-state index in [2.05, 4.69) is 31.8 Å². The number of rotatable bonds is 6. The molecule has 2 aromatic rings. The zero-order valence-corrected chi connectivity index (χ0v) is 16.5. The van der Waals surface area contributed by atoms with Crippen molar-refractivity contribution in [1.82, 2.24) is 5.43 Å². The van der Waals surface area contributed by atoms with Gasteiger partial charge in [-0.25, -0.2) is 5.43 Å². The molecule has 142 valence electrons. The number of carbonyl (C=O) groups is 2. The summed E-state index contributed by atoms with van der Waals surface area (Å²) in [4.78, 5) is 23.7. The first-order valence-corrected chi connectivity index (χ1v) is 9.12. The summed E-state index contributed by atoms with van der Waals surface area (Å²) in [5, 5.41) is 16.1. The van der Waals surface area contributed by atoms with Crippen LogP contribution in [0.15, 0.2) is 46.0 Å². The van der Waals surface area contributed by atoms with E-state index in [9.17, 15) is 14.7 Å². The standard InChI is InChI=1S/C19H20BrN3O4/c1-3-12-5-7-14(8-6-12)22-18(25)19(26)23-21-11-13-9-15(20)17(24)16(10-13)27-4-2/h5-11,24H,3-4H2,1-2H3,(H,22,25)(H,23,26)/b21-11-. The summed E-state index contributed by atoms with van der Waals surface area (Å²) >= 11 is 3.22. The molecule has 0 aliphatic carbocycles. The van der Waals surface area contributed by atoms with Crippen molar-refractivity contribution in [2.24, 2.45) is 5.10 Å². The van der Waals surface area contributed by atoms with Gasteiger partial charge >= 0.3 is 11.8 Å². The monoisotopic (exact) mass is 433 g/mol. The Balaban J connectivity index is 1.96. The third kappa shape index (κ3) is 5.82. The fourth-order valence-corrected chi connectivity index (χ4v) is 2.62. The SMILES string of the molecule is CCOc1cc(/C=N\NC(=O)C(=O)Nc2ccc(CC)cc2)cc(Br)c1O. The van der Waals surface area contributed by atoms with Crippen LogP contribution in [0, 0.1) is 0 Å². The number of aromatic hydroxyl groups is 1. The molecular weight excluding hydrogens is 414 g/mol. The second-order valence-corrected chi connectivity index (χ2v) is 6.34. The smallest absolute Gasteiger partial charge is 0.329 e. The molecule has 0 heterocycles. The Morgan fingerprint density at radius 3 is 2.52 bits per heavy atom. The lowest BCUT2D eigenvalue weighted by Gasteiger charge is -2.08. The first kappa shape index (κ1) is 20.4. The number of nitrogens with one attached hydrogen (secondary N) is 2. The maximum absolute atomic E-state index is 11.9. The van der Waals surface area contributed by atoms with Gasteiger partial charge in [0.15, 0.2) is 11.5 Å². The molecule has 3 N–H and O–H groups in total. The molecule has 0 radical (unpaired) electrons. The number of aryl methyl sites for hydroxylation is 1. The van der Waals surface area contributed by atoms with Crippen LogP contribution in [-0.4, -0.2) is 29.7 Å². The maximum atomic E-state index is 11.9. The molecule has 8 heteroatoms. The van der Waals surface area contributed by atoms with Gasteiger partial charge in [0.2, 0.25) is 0 Å². The molecule has 0 saturated heterocycles. The highest BCUT2D eigenvalue weighted by Gasteiger charge is 2.13. The van der Waals surface area contributed by atoms with Crippen LogP contribution in [-0.2, 0) is 16.0 Å². The molecule has 0 spiro atoms. The lowest BCUT2D eigenvalue weighted by Crippen LogP contribution is -2.32. The van der Waals surface area contributed by atoms with E-state index in [-0.39, 0.29) is 11.5 Å². The fraction of sp³-hybridized carbons (Fsp3) is 0.211. The normalized spacial score (nSPS) is 10.6. The summed E-state index contributed by atoms with van der Waals surface area (Å²) < 4.78 is 5.74. The Morgan fingerprint density at radius 2 is 1.89 bits per heavy atom. The summed E-state index contributed by atoms with van der Waals surface area (Å²) in [7, 11) is 0. The Labute approximate surface area is 165 Å². The van der Waals surface area contributed by atoms with Crippen molar-refractivity contribution in [2.75, 3.05) is 11.9 Å². The van der Waals surface area contributed by atoms with Crippen molar-refractivity contribution in [2.45, 2.75) is 20.3 Å². The van der Waals surface area contributed by atoms with Crippen molar-refractivity contribution in [3.8, 4) is 11.5 Å². The second kappa shape index (κ2) is 9.72. The highest BCUT2D eigenvalue weighted by atomic mass is 79.9. The number of halogens is 1. The van der Waals surface area contributed by atoms with Gasteiger partial charge in [0, 0.05) is 5.69 Å². The summed E-state index contributed by atoms with van der Waals surface area (Å²) in [6.07, 6.45) is 2.23. The van der Waals surface area contributed by atoms with Gasteiger partial charge in [-0.05, 0) is 64.7 Å². The van der Waals surface area contributed by atoms with Gasteiger partial charge in [0.25, 0.3) is 0 Å². The highest BCUT2D eigenvalue weighted by Crippen LogP contribution is 2.35. The van der Waals surface area contributed by atoms with E-state index < -0.39 is 11.8 Å². The largest absolute Gasteiger partial charge is 0.503 e. The van der Waals surface area contributed by atoms with E-state index in [1.54, 1.807) is 31.2 Å². The first-order valence-electron chi connectivity index (χ1n) is 8.33. The average Bonchev–Trinajstić information content (AvgIpc) is 2.66. The van der Waals surface area contributed by atoms with Crippen LogP contribution >= 0.6 is 15.9 Å². The van der Waals surface area contributed by atoms with E-state index in [1.807, 2.05) is 19.1 Å². The number of carbonyl (C=O) groups excluding carboxylic acids is 2. The molecule has 0 aliphatic rings. The van der Waals surface area contributed by atoms with Crippen LogP contribution in [0.3, 0.4) is 0 Å². The van der Waals surface area contributed by atoms with Crippen LogP contribution in [0.5, 0.6) is 11.5 Å². The Hall–Kier alpha value is -2.87. The molecule has 0 atom stereocenters. The number of ether oxygens (including phenoxy) is 1. The fourth-order valence-electron chi connectivity index (χ4n) is 2.16. The number of hydrogen-bond donors (Lipinski definition) is 3. The zero-order valence-electron chi connectivity index (χ0n) is 15.0. The molecule has 0 fully saturated rings. The lowest BCUT2D eigenvalue weighted by molar-refractivity contribution is -0.136. The van der Waals surface area contributed by atoms with E-state index in [4.69, 9.17) is 4.74 Å². The van der Waals surface area contributed by atoms with Crippen molar-refractivity contribution < 1.29 is 19.4 Å². The molecule has 2 rings (SSSR count). The molecule has 27 heavy (non-hydrogen) atoms. The second-order valence-electron chi connectivity index (χ2n) is 5.49. The van der Waals surface area contributed by atoms with Gasteiger partial charge in [-0.2, -0.15) is 5.10 Å². The minimum Gasteiger partial charge on any atom is -0.503 e. The molecule has 0 unspecified atom stereocenters. The summed E-state index contributed by atoms with van der Waals surface area (Å²) in [5.41, 5.74) is 4.39. The van der Waals surface area contributed by atoms with Crippen molar-refractivity contribution in [1.29, 1.82) is 0 Å². The molecule has 2 aromatic carbocycles. The Kier molecular flexibility index (Phi) is 7.36. The predicted molar refractivity (Wildman–Crippen MR) is 107 cm³/mol. The van der Waals surface area contributed by atoms with Crippen LogP contribution in [0.4, 0.5) is 5.69 Å². The lowest BCUT2D eigenvalue weighted by atomic mass is 10.1. The van der Waals surface area contributed by atoms with Crippen molar-refractivity contribution >= 4 is 39.6 Å². The Morgan fingerprint density at radius 1 is 1.19 bits per heavy atom. The number of hydrazone groups is 1. The van der Waals surface area contributed by atoms with Gasteiger partial charge < -0.3 is 15.2 Å². The van der Waals surface area contributed by atoms with E-state index in [0.717, 1.165) is 12.0 Å². The first-order chi connectivity index (χ1) is 12.9. The zero-order chi connectivity index (χ0) is 19.8. The number of hydrogen-bond acceptors (Lipinski definition) is 5. The highest BCUT2D eigenvalue weighted by molar-refractivity contribution is 9.10. The topological polar surface area (TPSA) is 100 Å². The maximum Gasteiger partial charge on any atom is 0.329 e. The van der Waals surface area contributed by atoms with Gasteiger partial charge in [-0.15, -0.1) is 0 Å². The molecule has 0 aromatic heterocycles. The molecule has 2 amide bonds. The van der Waals surface area contributed by atoms with E-state index in [1.165, 1.54) is 6.21 Å². The number of nitrogens with zero attached hydrogens (tertiary/aromatic N) is 1. The number of benzene rings is 2. The van der Waals surface area contributed by atoms with Crippen LogP contribution < -0.4 is 15.5 Å². The number of phenols is 1. The molecule has 7 nitrogen and oxygen atoms in total. The molecule has 0 bridgehead atoms. The number of phenolic OH excluding ortho intramolecular Hbond substituents is 1. The minimum absolute atomic E-state index is 0.0218. The third-order valence-electron chi connectivity index (χ3n) is 3.56.